The van der Waals surface area contributed by atoms with Gasteiger partial charge in [0, 0.05) is 21.4 Å². The predicted octanol–water partition coefficient (Wildman–Crippen LogP) is 3.58. The van der Waals surface area contributed by atoms with Crippen LogP contribution in [0, 0.1) is 0 Å². The van der Waals surface area contributed by atoms with Crippen molar-refractivity contribution in [3.63, 3.8) is 0 Å². The van der Waals surface area contributed by atoms with Crippen LogP contribution in [0.4, 0.5) is 11.4 Å². The molecule has 1 amide bonds. The van der Waals surface area contributed by atoms with Crippen molar-refractivity contribution >= 4 is 62.9 Å². The third-order valence-electron chi connectivity index (χ3n) is 2.48. The fourth-order valence-electron chi connectivity index (χ4n) is 1.53. The second kappa shape index (κ2) is 7.97. The Kier molecular flexibility index (Phi) is 6.61. The van der Waals surface area contributed by atoms with Crippen molar-refractivity contribution in [2.45, 2.75) is 0 Å². The van der Waals surface area contributed by atoms with Gasteiger partial charge in [0.25, 0.3) is 5.91 Å². The molecular formula is C14H13BrClN3OS. The van der Waals surface area contributed by atoms with E-state index in [9.17, 15) is 4.79 Å². The van der Waals surface area contributed by atoms with Crippen LogP contribution in [0.25, 0.3) is 0 Å². The largest absolute Gasteiger partial charge is 0.399 e. The molecule has 2 rings (SSSR count). The van der Waals surface area contributed by atoms with Crippen molar-refractivity contribution in [1.29, 1.82) is 0 Å². The topological polar surface area (TPSA) is 67.2 Å². The summed E-state index contributed by atoms with van der Waals surface area (Å²) in [6.07, 6.45) is 0. The van der Waals surface area contributed by atoms with E-state index in [0.29, 0.717) is 11.3 Å². The van der Waals surface area contributed by atoms with Crippen LogP contribution >= 0.6 is 40.6 Å². The number of halogens is 2. The van der Waals surface area contributed by atoms with Crippen LogP contribution in [0.2, 0.25) is 0 Å². The number of anilines is 2. The molecule has 4 nitrogen and oxygen atoms in total. The van der Waals surface area contributed by atoms with E-state index >= 15 is 0 Å². The summed E-state index contributed by atoms with van der Waals surface area (Å²) >= 11 is 8.41. The Bertz CT molecular complexity index is 649. The maximum absolute atomic E-state index is 12.0. The monoisotopic (exact) mass is 385 g/mol. The molecule has 0 unspecified atom stereocenters. The summed E-state index contributed by atoms with van der Waals surface area (Å²) in [5, 5.41) is 5.77. The highest BCUT2D eigenvalue weighted by molar-refractivity contribution is 9.10. The molecular weight excluding hydrogens is 374 g/mol. The van der Waals surface area contributed by atoms with Gasteiger partial charge in [0.15, 0.2) is 5.11 Å². The quantitative estimate of drug-likeness (QED) is 0.545. The standard InChI is InChI=1S/C14H12BrN3OS.ClH/c15-10-3-1-2-9(8-10)13(19)18-14(20)17-12-6-4-11(16)5-7-12;/h1-8H,16H2,(H2,17,18,19,20);1H. The number of nitrogens with one attached hydrogen (secondary N) is 2. The highest BCUT2D eigenvalue weighted by Gasteiger charge is 2.08. The van der Waals surface area contributed by atoms with Gasteiger partial charge in [0.2, 0.25) is 0 Å². The number of nitrogens with two attached hydrogens (primary N) is 1. The van der Waals surface area contributed by atoms with Crippen molar-refractivity contribution in [3.8, 4) is 0 Å². The maximum atomic E-state index is 12.0. The average molecular weight is 387 g/mol. The molecule has 110 valence electrons. The SMILES string of the molecule is Cl.Nc1ccc(NC(=S)NC(=O)c2cccc(Br)c2)cc1. The molecule has 2 aromatic carbocycles. The minimum Gasteiger partial charge on any atom is -0.399 e. The van der Waals surface area contributed by atoms with Gasteiger partial charge < -0.3 is 11.1 Å². The van der Waals surface area contributed by atoms with E-state index in [-0.39, 0.29) is 23.4 Å². The summed E-state index contributed by atoms with van der Waals surface area (Å²) in [5.74, 6) is -0.265. The number of carbonyl (C=O) groups excluding carboxylic acids is 1. The normalized spacial score (nSPS) is 9.38. The van der Waals surface area contributed by atoms with E-state index in [1.165, 1.54) is 0 Å². The van der Waals surface area contributed by atoms with Gasteiger partial charge in [-0.1, -0.05) is 22.0 Å². The Labute approximate surface area is 142 Å². The number of benzene rings is 2. The summed E-state index contributed by atoms with van der Waals surface area (Å²) in [7, 11) is 0. The Morgan fingerprint density at radius 3 is 2.43 bits per heavy atom. The zero-order valence-electron chi connectivity index (χ0n) is 10.8. The molecule has 7 heteroatoms. The number of thiocarbonyl (C=S) groups is 1. The minimum absolute atomic E-state index is 0. The predicted molar refractivity (Wildman–Crippen MR) is 95.9 cm³/mol. The first-order chi connectivity index (χ1) is 9.54. The molecule has 21 heavy (non-hydrogen) atoms. The smallest absolute Gasteiger partial charge is 0.257 e. The van der Waals surface area contributed by atoms with Gasteiger partial charge in [-0.3, -0.25) is 10.1 Å². The van der Waals surface area contributed by atoms with Crippen LogP contribution < -0.4 is 16.4 Å². The zero-order valence-corrected chi connectivity index (χ0v) is 14.0. The average Bonchev–Trinajstić information content (AvgIpc) is 2.41. The van der Waals surface area contributed by atoms with Gasteiger partial charge in [-0.05, 0) is 54.7 Å². The molecule has 0 saturated heterocycles. The number of rotatable bonds is 2. The van der Waals surface area contributed by atoms with E-state index in [1.807, 2.05) is 6.07 Å². The second-order valence-electron chi connectivity index (χ2n) is 4.04. The third kappa shape index (κ3) is 5.34. The number of hydrogen-bond acceptors (Lipinski definition) is 3. The molecule has 0 radical (unpaired) electrons. The van der Waals surface area contributed by atoms with Gasteiger partial charge in [0.05, 0.1) is 0 Å². The lowest BCUT2D eigenvalue weighted by molar-refractivity contribution is 0.0977. The van der Waals surface area contributed by atoms with Crippen molar-refractivity contribution < 1.29 is 4.79 Å². The van der Waals surface area contributed by atoms with Crippen molar-refractivity contribution in [1.82, 2.24) is 5.32 Å². The van der Waals surface area contributed by atoms with Crippen molar-refractivity contribution in [2.24, 2.45) is 0 Å². The molecule has 0 aliphatic rings. The van der Waals surface area contributed by atoms with Gasteiger partial charge in [-0.2, -0.15) is 0 Å². The molecule has 0 saturated carbocycles. The first-order valence-electron chi connectivity index (χ1n) is 5.78. The lowest BCUT2D eigenvalue weighted by atomic mass is 10.2. The van der Waals surface area contributed by atoms with Crippen LogP contribution in [0.1, 0.15) is 10.4 Å². The number of hydrogen-bond donors (Lipinski definition) is 3. The Balaban J connectivity index is 0.00000220. The Hall–Kier alpha value is -1.63. The summed E-state index contributed by atoms with van der Waals surface area (Å²) in [5.41, 5.74) is 7.55. The molecule has 4 N–H and O–H groups in total. The van der Waals surface area contributed by atoms with Gasteiger partial charge in [-0.25, -0.2) is 0 Å². The fraction of sp³-hybridized carbons (Fsp3) is 0. The maximum Gasteiger partial charge on any atom is 0.257 e. The summed E-state index contributed by atoms with van der Waals surface area (Å²) in [6.45, 7) is 0. The van der Waals surface area contributed by atoms with Gasteiger partial charge >= 0.3 is 0 Å². The Morgan fingerprint density at radius 2 is 1.81 bits per heavy atom. The molecule has 0 bridgehead atoms. The molecule has 0 fully saturated rings. The molecule has 0 atom stereocenters. The van der Waals surface area contributed by atoms with Crippen LogP contribution in [0.15, 0.2) is 53.0 Å². The molecule has 2 aromatic rings. The number of nitrogen functional groups attached to an aromatic ring is 1. The highest BCUT2D eigenvalue weighted by atomic mass is 79.9. The number of carbonyl (C=O) groups is 1. The second-order valence-corrected chi connectivity index (χ2v) is 5.36. The van der Waals surface area contributed by atoms with E-state index in [4.69, 9.17) is 18.0 Å². The van der Waals surface area contributed by atoms with E-state index in [0.717, 1.165) is 10.2 Å². The van der Waals surface area contributed by atoms with Crippen LogP contribution in [-0.2, 0) is 0 Å². The van der Waals surface area contributed by atoms with Crippen LogP contribution in [0.3, 0.4) is 0 Å². The molecule has 0 heterocycles. The molecule has 0 aromatic heterocycles. The van der Waals surface area contributed by atoms with Crippen LogP contribution in [-0.4, -0.2) is 11.0 Å². The van der Waals surface area contributed by atoms with E-state index in [2.05, 4.69) is 26.6 Å². The highest BCUT2D eigenvalue weighted by Crippen LogP contribution is 2.12. The molecule has 0 aliphatic heterocycles. The van der Waals surface area contributed by atoms with Crippen LogP contribution in [0.5, 0.6) is 0 Å². The minimum atomic E-state index is -0.265. The lowest BCUT2D eigenvalue weighted by Gasteiger charge is -2.09. The van der Waals surface area contributed by atoms with Gasteiger partial charge in [0.1, 0.15) is 0 Å². The van der Waals surface area contributed by atoms with Crippen molar-refractivity contribution in [3.05, 3.63) is 58.6 Å². The molecule has 0 aliphatic carbocycles. The third-order valence-corrected chi connectivity index (χ3v) is 3.18. The summed E-state index contributed by atoms with van der Waals surface area (Å²) in [4.78, 5) is 12.0. The molecule has 0 spiro atoms. The first-order valence-corrected chi connectivity index (χ1v) is 6.98. The van der Waals surface area contributed by atoms with Crippen molar-refractivity contribution in [2.75, 3.05) is 11.1 Å². The summed E-state index contributed by atoms with van der Waals surface area (Å²) in [6, 6.07) is 14.1. The number of amides is 1. The Morgan fingerprint density at radius 1 is 1.14 bits per heavy atom. The van der Waals surface area contributed by atoms with E-state index in [1.54, 1.807) is 42.5 Å². The van der Waals surface area contributed by atoms with Gasteiger partial charge in [-0.15, -0.1) is 12.4 Å². The first kappa shape index (κ1) is 17.4. The zero-order chi connectivity index (χ0) is 14.5. The summed E-state index contributed by atoms with van der Waals surface area (Å²) < 4.78 is 0.836. The lowest BCUT2D eigenvalue weighted by Crippen LogP contribution is -2.34. The van der Waals surface area contributed by atoms with E-state index < -0.39 is 0 Å². The fourth-order valence-corrected chi connectivity index (χ4v) is 2.14.